The Balaban J connectivity index is 1.36. The molecule has 10 nitrogen and oxygen atoms in total. The number of nitrogens with two attached hydrogens (primary N) is 1. The topological polar surface area (TPSA) is 142 Å². The van der Waals surface area contributed by atoms with Gasteiger partial charge in [-0.1, -0.05) is 18.2 Å². The van der Waals surface area contributed by atoms with Crippen LogP contribution in [0, 0.1) is 0 Å². The number of fused-ring (bicyclic) bond motifs is 1. The van der Waals surface area contributed by atoms with Crippen LogP contribution in [-0.4, -0.2) is 43.7 Å². The molecule has 0 unspecified atom stereocenters. The third-order valence-electron chi connectivity index (χ3n) is 6.04. The quantitative estimate of drug-likeness (QED) is 0.229. The number of pyridine rings is 1. The molecule has 0 radical (unpaired) electrons. The summed E-state index contributed by atoms with van der Waals surface area (Å²) in [6.45, 7) is 0. The van der Waals surface area contributed by atoms with Crippen LogP contribution in [0.25, 0.3) is 27.7 Å². The first-order chi connectivity index (χ1) is 19.9. The van der Waals surface area contributed by atoms with E-state index in [0.717, 1.165) is 5.56 Å². The van der Waals surface area contributed by atoms with Crippen molar-refractivity contribution in [2.24, 2.45) is 10.7 Å². The van der Waals surface area contributed by atoms with Crippen LogP contribution < -0.4 is 19.9 Å². The summed E-state index contributed by atoms with van der Waals surface area (Å²) in [7, 11) is -0.693. The molecule has 3 aromatic carbocycles. The summed E-state index contributed by atoms with van der Waals surface area (Å²) in [6, 6.07) is 20.6. The van der Waals surface area contributed by atoms with Crippen LogP contribution in [0.2, 0.25) is 0 Å². The lowest BCUT2D eigenvalue weighted by Crippen LogP contribution is -2.13. The predicted octanol–water partition coefficient (Wildman–Crippen LogP) is 5.29. The maximum absolute atomic E-state index is 13.1. The number of anilines is 1. The van der Waals surface area contributed by atoms with Gasteiger partial charge in [0.15, 0.2) is 11.5 Å². The lowest BCUT2D eigenvalue weighted by molar-refractivity contribution is 0.379. The predicted molar refractivity (Wildman–Crippen MR) is 160 cm³/mol. The molecule has 0 amide bonds. The fraction of sp³-hybridized carbons (Fsp3) is 0.0667. The number of allylic oxidation sites excluding steroid dienone is 1. The van der Waals surface area contributed by atoms with Crippen molar-refractivity contribution in [3.63, 3.8) is 0 Å². The standard InChI is InChI=1S/C30H26N6O4S/c1-32-16-22(15-31)28-19-34-26-12-7-20(14-27(26)35-28)21-13-23(18-33-17-21)36-41(37,38)25-10-8-24(9-11-25)40-30-6-4-3-5-29(30)39-2/h3-19,36H,31H2,1-2H3. The average Bonchev–Trinajstić information content (AvgIpc) is 3.00. The SMILES string of the molecule is CN=CC(=CN)c1cnc2ccc(-c3cncc(NS(=O)(=O)c4ccc(Oc5ccccc5OC)cc4)c3)cc2n1. The maximum atomic E-state index is 13.1. The van der Waals surface area contributed by atoms with Crippen molar-refractivity contribution in [2.75, 3.05) is 18.9 Å². The number of ether oxygens (including phenoxy) is 2. The second-order valence-electron chi connectivity index (χ2n) is 8.76. The molecule has 0 aliphatic heterocycles. The molecule has 2 aromatic heterocycles. The molecule has 0 atom stereocenters. The van der Waals surface area contributed by atoms with E-state index in [1.807, 2.05) is 30.3 Å². The van der Waals surface area contributed by atoms with Crippen molar-refractivity contribution in [2.45, 2.75) is 4.90 Å². The monoisotopic (exact) mass is 566 g/mol. The van der Waals surface area contributed by atoms with Crippen molar-refractivity contribution in [3.8, 4) is 28.4 Å². The molecule has 0 saturated carbocycles. The summed E-state index contributed by atoms with van der Waals surface area (Å²) in [4.78, 5) is 17.4. The van der Waals surface area contributed by atoms with Crippen LogP contribution in [-0.2, 0) is 10.0 Å². The molecule has 5 rings (SSSR count). The molecule has 41 heavy (non-hydrogen) atoms. The van der Waals surface area contributed by atoms with Crippen molar-refractivity contribution in [1.29, 1.82) is 0 Å². The zero-order valence-electron chi connectivity index (χ0n) is 22.2. The van der Waals surface area contributed by atoms with Gasteiger partial charge in [-0.25, -0.2) is 13.4 Å². The van der Waals surface area contributed by atoms with E-state index in [0.29, 0.717) is 50.8 Å². The maximum Gasteiger partial charge on any atom is 0.261 e. The van der Waals surface area contributed by atoms with E-state index < -0.39 is 10.0 Å². The zero-order valence-corrected chi connectivity index (χ0v) is 23.0. The first-order valence-electron chi connectivity index (χ1n) is 12.4. The number of hydrogen-bond donors (Lipinski definition) is 2. The smallest absolute Gasteiger partial charge is 0.261 e. The number of sulfonamides is 1. The Labute approximate surface area is 237 Å². The van der Waals surface area contributed by atoms with Gasteiger partial charge in [0.1, 0.15) is 5.75 Å². The Bertz CT molecular complexity index is 1870. The van der Waals surface area contributed by atoms with Gasteiger partial charge in [0.2, 0.25) is 0 Å². The van der Waals surface area contributed by atoms with Gasteiger partial charge in [-0.05, 0) is 60.2 Å². The fourth-order valence-corrected chi connectivity index (χ4v) is 5.08. The second kappa shape index (κ2) is 11.8. The van der Waals surface area contributed by atoms with E-state index >= 15 is 0 Å². The largest absolute Gasteiger partial charge is 0.493 e. The molecule has 0 aliphatic carbocycles. The minimum atomic E-state index is -3.90. The minimum absolute atomic E-state index is 0.0724. The van der Waals surface area contributed by atoms with Gasteiger partial charge in [-0.15, -0.1) is 0 Å². The number of rotatable bonds is 9. The van der Waals surface area contributed by atoms with E-state index in [9.17, 15) is 8.42 Å². The summed E-state index contributed by atoms with van der Waals surface area (Å²) in [6.07, 6.45) is 7.76. The van der Waals surface area contributed by atoms with Gasteiger partial charge in [0.25, 0.3) is 10.0 Å². The highest BCUT2D eigenvalue weighted by Crippen LogP contribution is 2.32. The van der Waals surface area contributed by atoms with E-state index in [1.54, 1.807) is 63.1 Å². The van der Waals surface area contributed by atoms with E-state index in [1.165, 1.54) is 24.5 Å². The van der Waals surface area contributed by atoms with Gasteiger partial charge in [0, 0.05) is 36.8 Å². The molecule has 0 spiro atoms. The Hall–Kier alpha value is -5.29. The number of benzene rings is 3. The Morgan fingerprint density at radius 1 is 0.927 bits per heavy atom. The van der Waals surface area contributed by atoms with Crippen LogP contribution in [0.5, 0.6) is 17.2 Å². The number of nitrogens with zero attached hydrogens (tertiary/aromatic N) is 4. The first-order valence-corrected chi connectivity index (χ1v) is 13.9. The highest BCUT2D eigenvalue weighted by Gasteiger charge is 2.16. The first kappa shape index (κ1) is 27.3. The highest BCUT2D eigenvalue weighted by atomic mass is 32.2. The van der Waals surface area contributed by atoms with E-state index in [2.05, 4.69) is 24.7 Å². The fourth-order valence-electron chi connectivity index (χ4n) is 4.05. The lowest BCUT2D eigenvalue weighted by Gasteiger charge is -2.12. The Morgan fingerprint density at radius 3 is 2.44 bits per heavy atom. The molecule has 11 heteroatoms. The number of aliphatic imine (C=N–C) groups is 1. The second-order valence-corrected chi connectivity index (χ2v) is 10.4. The van der Waals surface area contributed by atoms with Gasteiger partial charge < -0.3 is 15.2 Å². The molecular formula is C30H26N6O4S. The Kier molecular flexibility index (Phi) is 7.88. The molecule has 2 heterocycles. The molecule has 0 bridgehead atoms. The molecule has 206 valence electrons. The summed E-state index contributed by atoms with van der Waals surface area (Å²) >= 11 is 0. The van der Waals surface area contributed by atoms with Gasteiger partial charge in [-0.3, -0.25) is 19.7 Å². The van der Waals surface area contributed by atoms with Gasteiger partial charge >= 0.3 is 0 Å². The average molecular weight is 567 g/mol. The van der Waals surface area contributed by atoms with Gasteiger partial charge in [0.05, 0.1) is 46.8 Å². The van der Waals surface area contributed by atoms with Crippen LogP contribution in [0.15, 0.2) is 107 Å². The van der Waals surface area contributed by atoms with Crippen LogP contribution in [0.1, 0.15) is 5.69 Å². The molecule has 0 saturated heterocycles. The van der Waals surface area contributed by atoms with Crippen LogP contribution >= 0.6 is 0 Å². The van der Waals surface area contributed by atoms with Crippen molar-refractivity contribution < 1.29 is 17.9 Å². The van der Waals surface area contributed by atoms with Crippen LogP contribution in [0.3, 0.4) is 0 Å². The molecule has 0 aliphatic rings. The van der Waals surface area contributed by atoms with Crippen LogP contribution in [0.4, 0.5) is 5.69 Å². The highest BCUT2D eigenvalue weighted by molar-refractivity contribution is 7.92. The number of nitrogens with one attached hydrogen (secondary N) is 1. The number of hydrogen-bond acceptors (Lipinski definition) is 9. The Morgan fingerprint density at radius 2 is 1.71 bits per heavy atom. The zero-order chi connectivity index (χ0) is 28.8. The molecular weight excluding hydrogens is 540 g/mol. The van der Waals surface area contributed by atoms with Gasteiger partial charge in [-0.2, -0.15) is 0 Å². The number of aromatic nitrogens is 3. The van der Waals surface area contributed by atoms with Crippen molar-refractivity contribution in [3.05, 3.63) is 103 Å². The molecule has 3 N–H and O–H groups in total. The minimum Gasteiger partial charge on any atom is -0.493 e. The summed E-state index contributed by atoms with van der Waals surface area (Å²) in [5.41, 5.74) is 10.1. The van der Waals surface area contributed by atoms with E-state index in [-0.39, 0.29) is 4.90 Å². The summed E-state index contributed by atoms with van der Waals surface area (Å²) in [5, 5.41) is 0. The number of methoxy groups -OCH3 is 1. The number of para-hydroxylation sites is 2. The third kappa shape index (κ3) is 6.15. The van der Waals surface area contributed by atoms with Crippen molar-refractivity contribution >= 4 is 38.5 Å². The normalized spacial score (nSPS) is 12.0. The lowest BCUT2D eigenvalue weighted by atomic mass is 10.1. The third-order valence-corrected chi connectivity index (χ3v) is 7.44. The van der Waals surface area contributed by atoms with Crippen molar-refractivity contribution in [1.82, 2.24) is 15.0 Å². The summed E-state index contributed by atoms with van der Waals surface area (Å²) < 4.78 is 40.0. The molecule has 5 aromatic rings. The summed E-state index contributed by atoms with van der Waals surface area (Å²) in [5.74, 6) is 1.56. The van der Waals surface area contributed by atoms with E-state index in [4.69, 9.17) is 15.2 Å². The molecule has 0 fully saturated rings.